The number of carbonyl (C=O) groups excluding carboxylic acids is 3. The molecule has 10 nitrogen and oxygen atoms in total. The van der Waals surface area contributed by atoms with Crippen molar-refractivity contribution in [3.63, 3.8) is 0 Å². The molecular formula is C33H41N5O5S2. The lowest BCUT2D eigenvalue weighted by Crippen LogP contribution is -2.55. The molecule has 2 N–H and O–H groups in total. The maximum absolute atomic E-state index is 14.4. The zero-order valence-corrected chi connectivity index (χ0v) is 27.8. The lowest BCUT2D eigenvalue weighted by atomic mass is 9.93. The molecule has 5 atom stereocenters. The quantitative estimate of drug-likeness (QED) is 0.276. The Morgan fingerprint density at radius 1 is 1.16 bits per heavy atom. The van der Waals surface area contributed by atoms with Crippen LogP contribution in [0.1, 0.15) is 71.4 Å². The van der Waals surface area contributed by atoms with Crippen LogP contribution >= 0.6 is 22.7 Å². The number of fused-ring (bicyclic) bond motifs is 3. The summed E-state index contributed by atoms with van der Waals surface area (Å²) in [5.74, 6) is -1.16. The molecule has 2 aromatic heterocycles. The molecule has 0 spiro atoms. The summed E-state index contributed by atoms with van der Waals surface area (Å²) in [5, 5.41) is 9.65. The van der Waals surface area contributed by atoms with Crippen LogP contribution in [0.5, 0.6) is 5.19 Å². The number of benzene rings is 1. The molecule has 2 fully saturated rings. The smallest absolute Gasteiger partial charge is 0.332 e. The van der Waals surface area contributed by atoms with Gasteiger partial charge in [-0.25, -0.2) is 14.8 Å². The van der Waals surface area contributed by atoms with Crippen LogP contribution in [-0.4, -0.2) is 70.0 Å². The number of hydrogen-bond acceptors (Lipinski definition) is 10. The van der Waals surface area contributed by atoms with Gasteiger partial charge in [0.05, 0.1) is 29.6 Å². The van der Waals surface area contributed by atoms with E-state index >= 15 is 0 Å². The fraction of sp³-hybridized carbons (Fsp3) is 0.545. The van der Waals surface area contributed by atoms with Crippen LogP contribution in [0.2, 0.25) is 0 Å². The average Bonchev–Trinajstić information content (AvgIpc) is 3.40. The predicted octanol–water partition coefficient (Wildman–Crippen LogP) is 5.45. The second kappa shape index (κ2) is 12.7. The summed E-state index contributed by atoms with van der Waals surface area (Å²) >= 11 is 2.93. The minimum absolute atomic E-state index is 0.116. The highest BCUT2D eigenvalue weighted by Gasteiger charge is 2.62. The van der Waals surface area contributed by atoms with Crippen molar-refractivity contribution in [1.29, 1.82) is 0 Å². The molecular weight excluding hydrogens is 611 g/mol. The van der Waals surface area contributed by atoms with E-state index in [0.717, 1.165) is 41.6 Å². The molecule has 4 heterocycles. The van der Waals surface area contributed by atoms with Gasteiger partial charge in [-0.2, -0.15) is 0 Å². The molecule has 1 aliphatic carbocycles. The third-order valence-corrected chi connectivity index (χ3v) is 10.6. The number of aromatic nitrogens is 2. The van der Waals surface area contributed by atoms with Crippen molar-refractivity contribution in [2.75, 3.05) is 19.0 Å². The second-order valence-electron chi connectivity index (χ2n) is 13.2. The first-order valence-corrected chi connectivity index (χ1v) is 17.4. The Balaban J connectivity index is 1.29. The van der Waals surface area contributed by atoms with E-state index < -0.39 is 29.7 Å². The Hall–Kier alpha value is -3.51. The van der Waals surface area contributed by atoms with Crippen LogP contribution in [0, 0.1) is 5.92 Å². The van der Waals surface area contributed by atoms with Gasteiger partial charge < -0.3 is 25.0 Å². The number of anilines is 1. The molecule has 3 aliphatic rings. The van der Waals surface area contributed by atoms with Crippen molar-refractivity contribution in [3.05, 3.63) is 47.5 Å². The van der Waals surface area contributed by atoms with Crippen molar-refractivity contribution in [1.82, 2.24) is 20.2 Å². The third-order valence-electron chi connectivity index (χ3n) is 8.90. The Labute approximate surface area is 271 Å². The molecule has 0 bridgehead atoms. The number of para-hydroxylation sites is 1. The van der Waals surface area contributed by atoms with E-state index in [1.54, 1.807) is 4.90 Å². The Kier molecular flexibility index (Phi) is 8.89. The summed E-state index contributed by atoms with van der Waals surface area (Å²) in [7, 11) is 1.34. The van der Waals surface area contributed by atoms with Gasteiger partial charge in [-0.05, 0) is 37.8 Å². The number of esters is 1. The highest BCUT2D eigenvalue weighted by Crippen LogP contribution is 2.46. The van der Waals surface area contributed by atoms with Crippen molar-refractivity contribution in [3.8, 4) is 5.19 Å². The van der Waals surface area contributed by atoms with E-state index in [2.05, 4.69) is 42.5 Å². The van der Waals surface area contributed by atoms with Crippen LogP contribution in [0.3, 0.4) is 0 Å². The van der Waals surface area contributed by atoms with E-state index in [0.29, 0.717) is 23.2 Å². The second-order valence-corrected chi connectivity index (χ2v) is 15.1. The van der Waals surface area contributed by atoms with Crippen LogP contribution in [-0.2, 0) is 24.5 Å². The molecule has 3 aromatic rings. The molecule has 0 unspecified atom stereocenters. The summed E-state index contributed by atoms with van der Waals surface area (Å²) in [6.07, 6.45) is 8.67. The topological polar surface area (TPSA) is 123 Å². The number of thiazole rings is 2. The van der Waals surface area contributed by atoms with E-state index in [9.17, 15) is 14.4 Å². The monoisotopic (exact) mass is 651 g/mol. The van der Waals surface area contributed by atoms with Crippen LogP contribution in [0.15, 0.2) is 41.8 Å². The normalized spacial score (nSPS) is 27.6. The third kappa shape index (κ3) is 6.72. The minimum Gasteiger partial charge on any atom is -0.467 e. The lowest BCUT2D eigenvalue weighted by molar-refractivity contribution is -0.148. The number of allylic oxidation sites excluding steroid dienone is 1. The maximum atomic E-state index is 14.4. The van der Waals surface area contributed by atoms with Crippen LogP contribution < -0.4 is 15.4 Å². The Bertz CT molecular complexity index is 1560. The van der Waals surface area contributed by atoms with Gasteiger partial charge in [0.15, 0.2) is 5.13 Å². The summed E-state index contributed by atoms with van der Waals surface area (Å²) in [4.78, 5) is 52.4. The molecule has 0 radical (unpaired) electrons. The molecule has 1 saturated heterocycles. The minimum atomic E-state index is -1.12. The van der Waals surface area contributed by atoms with E-state index in [4.69, 9.17) is 14.5 Å². The highest BCUT2D eigenvalue weighted by atomic mass is 32.1. The molecule has 2 amide bonds. The number of carbonyl (C=O) groups is 3. The standard InChI is InChI=1S/C33H41N5O5S2/c1-32(2,3)26-19-44-30(36-26)34-23-14-9-7-5-6-8-12-20-17-33(20,29(41)42-4)37-27(39)24-16-21(18-38(24)28(23)40)43-31-35-22-13-10-11-15-25(22)45-31/h8,10-13,15,19-21,23-24H,5-7,9,14,16-18H2,1-4H3,(H,34,36)(H,37,39)/t20-,21-,23+,24+,33-/m1/s1. The molecule has 45 heavy (non-hydrogen) atoms. The largest absolute Gasteiger partial charge is 0.467 e. The Morgan fingerprint density at radius 2 is 1.98 bits per heavy atom. The van der Waals surface area contributed by atoms with Crippen LogP contribution in [0.25, 0.3) is 10.2 Å². The van der Waals surface area contributed by atoms with E-state index in [1.165, 1.54) is 29.8 Å². The highest BCUT2D eigenvalue weighted by molar-refractivity contribution is 7.20. The molecule has 1 saturated carbocycles. The molecule has 2 aliphatic heterocycles. The van der Waals surface area contributed by atoms with Gasteiger partial charge in [-0.15, -0.1) is 11.3 Å². The van der Waals surface area contributed by atoms with Gasteiger partial charge >= 0.3 is 5.97 Å². The number of nitrogens with one attached hydrogen (secondary N) is 2. The fourth-order valence-electron chi connectivity index (χ4n) is 6.19. The molecule has 6 rings (SSSR count). The van der Waals surface area contributed by atoms with Crippen molar-refractivity contribution in [2.24, 2.45) is 5.92 Å². The zero-order chi connectivity index (χ0) is 31.8. The Morgan fingerprint density at radius 3 is 2.73 bits per heavy atom. The van der Waals surface area contributed by atoms with Crippen molar-refractivity contribution >= 4 is 55.8 Å². The van der Waals surface area contributed by atoms with Gasteiger partial charge in [-0.1, -0.05) is 69.2 Å². The number of methoxy groups -OCH3 is 1. The first-order valence-electron chi connectivity index (χ1n) is 15.7. The zero-order valence-electron chi connectivity index (χ0n) is 26.2. The SMILES string of the molecule is COC(=O)[C@@]12C[C@H]1C=CCCCCC[C@H](Nc1nc(C(C)(C)C)cs1)C(=O)N1C[C@H](Oc3nc4ccccc4s3)C[C@H]1C(=O)N2. The summed E-state index contributed by atoms with van der Waals surface area (Å²) < 4.78 is 12.5. The first kappa shape index (κ1) is 31.5. The van der Waals surface area contributed by atoms with Gasteiger partial charge in [0.1, 0.15) is 23.7 Å². The fourth-order valence-corrected chi connectivity index (χ4v) is 8.07. The van der Waals surface area contributed by atoms with E-state index in [1.807, 2.05) is 35.7 Å². The van der Waals surface area contributed by atoms with E-state index in [-0.39, 0.29) is 36.1 Å². The number of hydrogen-bond donors (Lipinski definition) is 2. The lowest BCUT2D eigenvalue weighted by Gasteiger charge is -2.29. The maximum Gasteiger partial charge on any atom is 0.332 e. The first-order chi connectivity index (χ1) is 21.6. The number of rotatable bonds is 5. The molecule has 240 valence electrons. The number of amides is 2. The van der Waals surface area contributed by atoms with Crippen molar-refractivity contribution < 1.29 is 23.9 Å². The van der Waals surface area contributed by atoms with Crippen molar-refractivity contribution in [2.45, 2.75) is 94.9 Å². The average molecular weight is 652 g/mol. The summed E-state index contributed by atoms with van der Waals surface area (Å²) in [6, 6.07) is 6.42. The molecule has 12 heteroatoms. The van der Waals surface area contributed by atoms with Gasteiger partial charge in [-0.3, -0.25) is 9.59 Å². The van der Waals surface area contributed by atoms with Gasteiger partial charge in [0.25, 0.3) is 5.19 Å². The number of ether oxygens (including phenoxy) is 2. The van der Waals surface area contributed by atoms with Gasteiger partial charge in [0, 0.05) is 23.1 Å². The number of nitrogens with zero attached hydrogens (tertiary/aromatic N) is 3. The molecule has 1 aromatic carbocycles. The van der Waals surface area contributed by atoms with Gasteiger partial charge in [0.2, 0.25) is 11.8 Å². The summed E-state index contributed by atoms with van der Waals surface area (Å²) in [6.45, 7) is 6.56. The summed E-state index contributed by atoms with van der Waals surface area (Å²) in [5.41, 5.74) is 0.566. The predicted molar refractivity (Wildman–Crippen MR) is 176 cm³/mol. The van der Waals surface area contributed by atoms with Crippen LogP contribution in [0.4, 0.5) is 5.13 Å².